The number of fused-ring (bicyclic) bond motifs is 1. The number of aromatic nitrogens is 1. The molecule has 5 heteroatoms. The molecule has 0 aliphatic carbocycles. The van der Waals surface area contributed by atoms with E-state index in [-0.39, 0.29) is 11.5 Å². The van der Waals surface area contributed by atoms with Gasteiger partial charge in [0, 0.05) is 31.8 Å². The molecular weight excluding hydrogens is 312 g/mol. The lowest BCUT2D eigenvalue weighted by atomic mass is 9.89. The molecule has 1 aromatic heterocycles. The fraction of sp³-hybridized carbons (Fsp3) is 0.500. The Morgan fingerprint density at radius 2 is 1.96 bits per heavy atom. The maximum atomic E-state index is 5.61. The van der Waals surface area contributed by atoms with E-state index < -0.39 is 0 Å². The van der Waals surface area contributed by atoms with Crippen molar-refractivity contribution in [2.75, 3.05) is 20.2 Å². The molecule has 136 valence electrons. The molecule has 1 unspecified atom stereocenters. The van der Waals surface area contributed by atoms with Crippen LogP contribution in [-0.4, -0.2) is 37.2 Å². The van der Waals surface area contributed by atoms with Crippen molar-refractivity contribution in [3.8, 4) is 0 Å². The molecule has 0 radical (unpaired) electrons. The van der Waals surface area contributed by atoms with Crippen LogP contribution in [0, 0.1) is 5.41 Å². The van der Waals surface area contributed by atoms with Crippen molar-refractivity contribution in [2.45, 2.75) is 40.3 Å². The van der Waals surface area contributed by atoms with E-state index in [9.17, 15) is 0 Å². The first-order valence-corrected chi connectivity index (χ1v) is 8.83. The van der Waals surface area contributed by atoms with Crippen LogP contribution < -0.4 is 10.6 Å². The average Bonchev–Trinajstić information content (AvgIpc) is 2.59. The van der Waals surface area contributed by atoms with Gasteiger partial charge in [0.05, 0.1) is 18.2 Å². The van der Waals surface area contributed by atoms with Crippen molar-refractivity contribution < 1.29 is 4.74 Å². The van der Waals surface area contributed by atoms with E-state index in [1.165, 1.54) is 0 Å². The van der Waals surface area contributed by atoms with E-state index in [2.05, 4.69) is 67.6 Å². The lowest BCUT2D eigenvalue weighted by molar-refractivity contribution is 0.0205. The first-order valence-electron chi connectivity index (χ1n) is 8.83. The first kappa shape index (κ1) is 19.2. The van der Waals surface area contributed by atoms with Gasteiger partial charge in [0.2, 0.25) is 0 Å². The monoisotopic (exact) mass is 342 g/mol. The molecular formula is C20H30N4O. The molecule has 0 aliphatic rings. The highest BCUT2D eigenvalue weighted by atomic mass is 16.5. The van der Waals surface area contributed by atoms with E-state index in [4.69, 9.17) is 9.73 Å². The summed E-state index contributed by atoms with van der Waals surface area (Å²) in [5.74, 6) is 0.793. The Labute approximate surface area is 150 Å². The van der Waals surface area contributed by atoms with Crippen LogP contribution in [0.2, 0.25) is 0 Å². The number of aliphatic imine (C=N–C) groups is 1. The van der Waals surface area contributed by atoms with Crippen molar-refractivity contribution in [3.63, 3.8) is 0 Å². The molecule has 0 saturated carbocycles. The number of pyridine rings is 1. The Hall–Kier alpha value is -2.14. The molecule has 1 atom stereocenters. The second kappa shape index (κ2) is 8.81. The van der Waals surface area contributed by atoms with Crippen LogP contribution in [0.3, 0.4) is 0 Å². The van der Waals surface area contributed by atoms with E-state index in [1.54, 1.807) is 7.11 Å². The van der Waals surface area contributed by atoms with Gasteiger partial charge in [0.15, 0.2) is 5.96 Å². The summed E-state index contributed by atoms with van der Waals surface area (Å²) in [5, 5.41) is 7.82. The molecule has 1 heterocycles. The zero-order valence-corrected chi connectivity index (χ0v) is 16.0. The van der Waals surface area contributed by atoms with E-state index in [0.717, 1.165) is 29.0 Å². The van der Waals surface area contributed by atoms with Gasteiger partial charge in [-0.15, -0.1) is 0 Å². The van der Waals surface area contributed by atoms with Gasteiger partial charge in [0.1, 0.15) is 0 Å². The fourth-order valence-corrected chi connectivity index (χ4v) is 2.73. The van der Waals surface area contributed by atoms with Crippen molar-refractivity contribution >= 4 is 16.9 Å². The first-order chi connectivity index (χ1) is 12.0. The lowest BCUT2D eigenvalue weighted by Gasteiger charge is -2.30. The number of para-hydroxylation sites is 1. The summed E-state index contributed by atoms with van der Waals surface area (Å²) in [4.78, 5) is 9.22. The summed E-state index contributed by atoms with van der Waals surface area (Å²) in [6.07, 6.45) is 1.93. The molecule has 0 fully saturated rings. The number of benzene rings is 1. The largest absolute Gasteiger partial charge is 0.379 e. The number of rotatable bonds is 6. The smallest absolute Gasteiger partial charge is 0.191 e. The van der Waals surface area contributed by atoms with Crippen LogP contribution in [0.15, 0.2) is 41.5 Å². The fourth-order valence-electron chi connectivity index (χ4n) is 2.73. The molecule has 0 amide bonds. The molecule has 25 heavy (non-hydrogen) atoms. The van der Waals surface area contributed by atoms with Gasteiger partial charge in [-0.1, -0.05) is 45.0 Å². The molecule has 1 aromatic carbocycles. The maximum Gasteiger partial charge on any atom is 0.191 e. The van der Waals surface area contributed by atoms with Crippen LogP contribution >= 0.6 is 0 Å². The lowest BCUT2D eigenvalue weighted by Crippen LogP contribution is -2.45. The molecule has 5 nitrogen and oxygen atoms in total. The Morgan fingerprint density at radius 3 is 2.64 bits per heavy atom. The van der Waals surface area contributed by atoms with Crippen molar-refractivity contribution in [3.05, 3.63) is 42.1 Å². The second-order valence-electron chi connectivity index (χ2n) is 7.16. The second-order valence-corrected chi connectivity index (χ2v) is 7.16. The van der Waals surface area contributed by atoms with Gasteiger partial charge in [0.25, 0.3) is 0 Å². The molecule has 0 spiro atoms. The quantitative estimate of drug-likeness (QED) is 0.624. The highest BCUT2D eigenvalue weighted by Gasteiger charge is 2.24. The maximum absolute atomic E-state index is 5.61. The molecule has 2 rings (SSSR count). The highest BCUT2D eigenvalue weighted by molar-refractivity contribution is 5.83. The topological polar surface area (TPSA) is 58.5 Å². The molecule has 0 aliphatic heterocycles. The minimum Gasteiger partial charge on any atom is -0.379 e. The van der Waals surface area contributed by atoms with Crippen LogP contribution in [0.5, 0.6) is 0 Å². The Kier molecular flexibility index (Phi) is 6.76. The predicted molar refractivity (Wildman–Crippen MR) is 105 cm³/mol. The van der Waals surface area contributed by atoms with Crippen LogP contribution in [0.25, 0.3) is 10.9 Å². The third-order valence-electron chi connectivity index (χ3n) is 4.17. The van der Waals surface area contributed by atoms with Gasteiger partial charge >= 0.3 is 0 Å². The molecule has 2 aromatic rings. The van der Waals surface area contributed by atoms with Crippen molar-refractivity contribution in [1.29, 1.82) is 0 Å². The summed E-state index contributed by atoms with van der Waals surface area (Å²) in [6.45, 7) is 10.7. The third kappa shape index (κ3) is 5.43. The number of nitrogens with one attached hydrogen (secondary N) is 2. The van der Waals surface area contributed by atoms with E-state index in [0.29, 0.717) is 13.1 Å². The Balaban J connectivity index is 2.11. The van der Waals surface area contributed by atoms with Crippen molar-refractivity contribution in [2.24, 2.45) is 10.4 Å². The zero-order valence-electron chi connectivity index (χ0n) is 16.0. The minimum absolute atomic E-state index is 0.0681. The number of guanidine groups is 1. The van der Waals surface area contributed by atoms with Crippen LogP contribution in [0.1, 0.15) is 33.3 Å². The summed E-state index contributed by atoms with van der Waals surface area (Å²) in [5.41, 5.74) is 2.20. The number of nitrogens with zero attached hydrogens (tertiary/aromatic N) is 2. The minimum atomic E-state index is 0.0681. The standard InChI is InChI=1S/C20H30N4O/c1-6-21-19(24-14-17(25-5)20(2,3)4)23-13-16-10-7-9-15-11-8-12-22-18(15)16/h7-12,17H,6,13-14H2,1-5H3,(H2,21,23,24). The summed E-state index contributed by atoms with van der Waals surface area (Å²) < 4.78 is 5.61. The Bertz CT molecular complexity index is 701. The van der Waals surface area contributed by atoms with Crippen molar-refractivity contribution in [1.82, 2.24) is 15.6 Å². The number of ether oxygens (including phenoxy) is 1. The number of hydrogen-bond acceptors (Lipinski definition) is 3. The van der Waals surface area contributed by atoms with Gasteiger partial charge in [-0.05, 0) is 24.0 Å². The van der Waals surface area contributed by atoms with Gasteiger partial charge in [-0.25, -0.2) is 4.99 Å². The molecule has 0 saturated heterocycles. The normalized spacial score (nSPS) is 13.7. The molecule has 2 N–H and O–H groups in total. The Morgan fingerprint density at radius 1 is 1.20 bits per heavy atom. The average molecular weight is 342 g/mol. The SMILES string of the molecule is CCNC(=NCc1cccc2cccnc12)NCC(OC)C(C)(C)C. The van der Waals surface area contributed by atoms with Crippen LogP contribution in [-0.2, 0) is 11.3 Å². The highest BCUT2D eigenvalue weighted by Crippen LogP contribution is 2.21. The van der Waals surface area contributed by atoms with Gasteiger partial charge < -0.3 is 15.4 Å². The zero-order chi connectivity index (χ0) is 18.3. The predicted octanol–water partition coefficient (Wildman–Crippen LogP) is 3.35. The number of methoxy groups -OCH3 is 1. The summed E-state index contributed by atoms with van der Waals surface area (Å²) in [6, 6.07) is 10.2. The third-order valence-corrected chi connectivity index (χ3v) is 4.17. The van der Waals surface area contributed by atoms with Gasteiger partial charge in [-0.3, -0.25) is 4.98 Å². The van der Waals surface area contributed by atoms with Crippen LogP contribution in [0.4, 0.5) is 0 Å². The van der Waals surface area contributed by atoms with E-state index in [1.807, 2.05) is 12.3 Å². The number of hydrogen-bond donors (Lipinski definition) is 2. The molecule has 0 bridgehead atoms. The van der Waals surface area contributed by atoms with Gasteiger partial charge in [-0.2, -0.15) is 0 Å². The van der Waals surface area contributed by atoms with E-state index >= 15 is 0 Å². The summed E-state index contributed by atoms with van der Waals surface area (Å²) >= 11 is 0. The summed E-state index contributed by atoms with van der Waals surface area (Å²) in [7, 11) is 1.75.